The molecule has 0 saturated carbocycles. The van der Waals surface area contributed by atoms with E-state index in [-0.39, 0.29) is 17.5 Å². The number of rotatable bonds is 5. The molecule has 0 spiro atoms. The lowest BCUT2D eigenvalue weighted by Crippen LogP contribution is -2.37. The van der Waals surface area contributed by atoms with Gasteiger partial charge in [0.05, 0.1) is 0 Å². The van der Waals surface area contributed by atoms with Crippen molar-refractivity contribution in [1.29, 1.82) is 0 Å². The monoisotopic (exact) mass is 275 g/mol. The Morgan fingerprint density at radius 2 is 2.12 bits per heavy atom. The van der Waals surface area contributed by atoms with Crippen molar-refractivity contribution >= 4 is 23.4 Å². The van der Waals surface area contributed by atoms with Crippen LogP contribution in [0.4, 0.5) is 13.2 Å². The molecular weight excluding hydrogens is 259 g/mol. The van der Waals surface area contributed by atoms with Gasteiger partial charge in [-0.15, -0.1) is 11.6 Å². The minimum absolute atomic E-state index is 0.0741. The number of alkyl halides is 4. The molecule has 1 unspecified atom stereocenters. The van der Waals surface area contributed by atoms with Crippen LogP contribution < -0.4 is 0 Å². The third-order valence-corrected chi connectivity index (χ3v) is 3.73. The van der Waals surface area contributed by atoms with Crippen molar-refractivity contribution in [1.82, 2.24) is 4.90 Å². The van der Waals surface area contributed by atoms with Gasteiger partial charge in [-0.3, -0.25) is 0 Å². The van der Waals surface area contributed by atoms with E-state index in [2.05, 4.69) is 4.90 Å². The standard InChI is InChI=1S/C10H17ClF3NS/c11-4-3-9-2-1-5-15(8-9)6-7-16-10(12,13)14/h9H,1-8H2. The predicted molar refractivity (Wildman–Crippen MR) is 63.0 cm³/mol. The van der Waals surface area contributed by atoms with E-state index in [1.807, 2.05) is 0 Å². The average molecular weight is 276 g/mol. The van der Waals surface area contributed by atoms with E-state index >= 15 is 0 Å². The molecule has 1 atom stereocenters. The number of likely N-dealkylation sites (tertiary alicyclic amines) is 1. The molecule has 1 aliphatic rings. The Kier molecular flexibility index (Phi) is 6.29. The Bertz CT molecular complexity index is 199. The zero-order valence-electron chi connectivity index (χ0n) is 9.10. The predicted octanol–water partition coefficient (Wildman–Crippen LogP) is 3.58. The van der Waals surface area contributed by atoms with E-state index in [4.69, 9.17) is 11.6 Å². The molecule has 0 aromatic heterocycles. The van der Waals surface area contributed by atoms with Crippen LogP contribution >= 0.6 is 23.4 Å². The van der Waals surface area contributed by atoms with E-state index in [1.54, 1.807) is 0 Å². The summed E-state index contributed by atoms with van der Waals surface area (Å²) in [6.07, 6.45) is 3.22. The maximum absolute atomic E-state index is 11.9. The fourth-order valence-electron chi connectivity index (χ4n) is 2.03. The fourth-order valence-corrected chi connectivity index (χ4v) is 2.92. The molecule has 0 N–H and O–H groups in total. The number of thioether (sulfide) groups is 1. The van der Waals surface area contributed by atoms with Crippen LogP contribution in [0, 0.1) is 5.92 Å². The second-order valence-electron chi connectivity index (χ2n) is 4.08. The van der Waals surface area contributed by atoms with Crippen molar-refractivity contribution in [3.05, 3.63) is 0 Å². The van der Waals surface area contributed by atoms with Crippen molar-refractivity contribution in [3.8, 4) is 0 Å². The van der Waals surface area contributed by atoms with Gasteiger partial charge in [0.2, 0.25) is 0 Å². The van der Waals surface area contributed by atoms with Crippen LogP contribution in [0.15, 0.2) is 0 Å². The highest BCUT2D eigenvalue weighted by Crippen LogP contribution is 2.30. The Labute approximate surface area is 104 Å². The molecule has 1 aliphatic heterocycles. The maximum atomic E-state index is 11.9. The summed E-state index contributed by atoms with van der Waals surface area (Å²) in [6.45, 7) is 2.37. The lowest BCUT2D eigenvalue weighted by Gasteiger charge is -2.32. The van der Waals surface area contributed by atoms with Crippen LogP contribution in [0.5, 0.6) is 0 Å². The summed E-state index contributed by atoms with van der Waals surface area (Å²) >= 11 is 5.75. The zero-order valence-corrected chi connectivity index (χ0v) is 10.7. The smallest absolute Gasteiger partial charge is 0.302 e. The van der Waals surface area contributed by atoms with Gasteiger partial charge in [0.1, 0.15) is 0 Å². The fraction of sp³-hybridized carbons (Fsp3) is 1.00. The van der Waals surface area contributed by atoms with Gasteiger partial charge in [0.25, 0.3) is 0 Å². The second kappa shape index (κ2) is 6.97. The molecule has 1 fully saturated rings. The molecule has 16 heavy (non-hydrogen) atoms. The average Bonchev–Trinajstić information content (AvgIpc) is 2.17. The molecule has 0 amide bonds. The molecular formula is C10H17ClF3NS. The van der Waals surface area contributed by atoms with Crippen LogP contribution in [0.1, 0.15) is 19.3 Å². The highest BCUT2D eigenvalue weighted by Gasteiger charge is 2.28. The highest BCUT2D eigenvalue weighted by molar-refractivity contribution is 8.00. The van der Waals surface area contributed by atoms with Gasteiger partial charge in [-0.05, 0) is 43.5 Å². The van der Waals surface area contributed by atoms with E-state index < -0.39 is 5.51 Å². The molecule has 0 aromatic carbocycles. The van der Waals surface area contributed by atoms with Gasteiger partial charge in [0.15, 0.2) is 0 Å². The van der Waals surface area contributed by atoms with E-state index in [9.17, 15) is 13.2 Å². The summed E-state index contributed by atoms with van der Waals surface area (Å²) in [7, 11) is 0. The van der Waals surface area contributed by atoms with E-state index in [1.165, 1.54) is 0 Å². The lowest BCUT2D eigenvalue weighted by molar-refractivity contribution is -0.0329. The Balaban J connectivity index is 2.16. The van der Waals surface area contributed by atoms with Gasteiger partial charge in [-0.1, -0.05) is 0 Å². The topological polar surface area (TPSA) is 3.24 Å². The lowest BCUT2D eigenvalue weighted by atomic mass is 9.96. The van der Waals surface area contributed by atoms with Crippen molar-refractivity contribution in [3.63, 3.8) is 0 Å². The largest absolute Gasteiger partial charge is 0.441 e. The molecule has 1 saturated heterocycles. The Hall–Kier alpha value is 0.390. The van der Waals surface area contributed by atoms with Crippen LogP contribution in [0.3, 0.4) is 0 Å². The molecule has 1 heterocycles. The molecule has 1 nitrogen and oxygen atoms in total. The maximum Gasteiger partial charge on any atom is 0.441 e. The second-order valence-corrected chi connectivity index (χ2v) is 5.62. The normalized spacial score (nSPS) is 23.6. The van der Waals surface area contributed by atoms with Gasteiger partial charge >= 0.3 is 5.51 Å². The zero-order chi connectivity index (χ0) is 12.0. The molecule has 0 aliphatic carbocycles. The van der Waals surface area contributed by atoms with Crippen LogP contribution in [0.2, 0.25) is 0 Å². The minimum atomic E-state index is -4.09. The molecule has 0 radical (unpaired) electrons. The molecule has 0 aromatic rings. The first-order chi connectivity index (χ1) is 7.51. The third-order valence-electron chi connectivity index (χ3n) is 2.79. The summed E-state index contributed by atoms with van der Waals surface area (Å²) in [6, 6.07) is 0. The van der Waals surface area contributed by atoms with Crippen LogP contribution in [-0.2, 0) is 0 Å². The number of hydrogen-bond acceptors (Lipinski definition) is 2. The first-order valence-corrected chi connectivity index (χ1v) is 7.02. The van der Waals surface area contributed by atoms with E-state index in [0.717, 1.165) is 32.4 Å². The van der Waals surface area contributed by atoms with Crippen molar-refractivity contribution in [2.75, 3.05) is 31.3 Å². The van der Waals surface area contributed by atoms with Crippen LogP contribution in [0.25, 0.3) is 0 Å². The summed E-state index contributed by atoms with van der Waals surface area (Å²) in [5.74, 6) is 1.36. The van der Waals surface area contributed by atoms with Crippen molar-refractivity contribution < 1.29 is 13.2 Å². The molecule has 1 rings (SSSR count). The van der Waals surface area contributed by atoms with Crippen molar-refractivity contribution in [2.24, 2.45) is 5.92 Å². The molecule has 96 valence electrons. The Morgan fingerprint density at radius 3 is 2.75 bits per heavy atom. The Morgan fingerprint density at radius 1 is 1.38 bits per heavy atom. The number of halogens is 4. The SMILES string of the molecule is FC(F)(F)SCCN1CCCC(CCCl)C1. The third kappa shape index (κ3) is 6.21. The first kappa shape index (κ1) is 14.5. The summed E-state index contributed by atoms with van der Waals surface area (Å²) in [4.78, 5) is 2.12. The van der Waals surface area contributed by atoms with Crippen molar-refractivity contribution in [2.45, 2.75) is 24.8 Å². The van der Waals surface area contributed by atoms with Gasteiger partial charge in [-0.2, -0.15) is 13.2 Å². The summed E-state index contributed by atoms with van der Waals surface area (Å²) < 4.78 is 35.8. The minimum Gasteiger partial charge on any atom is -0.302 e. The van der Waals surface area contributed by atoms with Gasteiger partial charge in [-0.25, -0.2) is 0 Å². The first-order valence-electron chi connectivity index (χ1n) is 5.50. The van der Waals surface area contributed by atoms with E-state index in [0.29, 0.717) is 18.3 Å². The molecule has 0 bridgehead atoms. The van der Waals surface area contributed by atoms with Gasteiger partial charge < -0.3 is 4.90 Å². The van der Waals surface area contributed by atoms with Crippen LogP contribution in [-0.4, -0.2) is 41.7 Å². The summed E-state index contributed by atoms with van der Waals surface area (Å²) in [5.41, 5.74) is -4.09. The molecule has 6 heteroatoms. The van der Waals surface area contributed by atoms with Gasteiger partial charge in [0, 0.05) is 24.7 Å². The number of piperidine rings is 1. The highest BCUT2D eigenvalue weighted by atomic mass is 35.5. The number of nitrogens with zero attached hydrogens (tertiary/aromatic N) is 1. The number of hydrogen-bond donors (Lipinski definition) is 0. The quantitative estimate of drug-likeness (QED) is 0.706. The summed E-state index contributed by atoms with van der Waals surface area (Å²) in [5, 5.41) is 0.